The predicted molar refractivity (Wildman–Crippen MR) is 73.3 cm³/mol. The van der Waals surface area contributed by atoms with Gasteiger partial charge < -0.3 is 0 Å². The minimum Gasteiger partial charge on any atom is -0.292 e. The van der Waals surface area contributed by atoms with Crippen molar-refractivity contribution < 1.29 is 4.79 Å². The van der Waals surface area contributed by atoms with Gasteiger partial charge in [-0.3, -0.25) is 14.2 Å². The molecular formula is C14H20N4O. The Morgan fingerprint density at radius 2 is 2.00 bits per heavy atom. The molecule has 0 bridgehead atoms. The molecule has 2 aromatic heterocycles. The van der Waals surface area contributed by atoms with Gasteiger partial charge in [0.05, 0.1) is 17.8 Å². The molecule has 0 saturated heterocycles. The number of Topliss-reactive ketones (excluding diaryl/α,β-unsaturated/α-hetero) is 1. The zero-order valence-electron chi connectivity index (χ0n) is 12.0. The van der Waals surface area contributed by atoms with Crippen molar-refractivity contribution in [3.63, 3.8) is 0 Å². The van der Waals surface area contributed by atoms with Crippen LogP contribution in [0.4, 0.5) is 0 Å². The molecule has 2 aromatic rings. The van der Waals surface area contributed by atoms with Crippen molar-refractivity contribution in [1.82, 2.24) is 19.6 Å². The van der Waals surface area contributed by atoms with E-state index in [4.69, 9.17) is 0 Å². The third kappa shape index (κ3) is 2.75. The van der Waals surface area contributed by atoms with E-state index in [0.717, 1.165) is 30.0 Å². The van der Waals surface area contributed by atoms with Crippen LogP contribution in [0.5, 0.6) is 0 Å². The van der Waals surface area contributed by atoms with Crippen LogP contribution in [0.1, 0.15) is 41.4 Å². The van der Waals surface area contributed by atoms with Gasteiger partial charge in [0, 0.05) is 19.3 Å². The van der Waals surface area contributed by atoms with E-state index in [1.165, 1.54) is 0 Å². The molecule has 0 fully saturated rings. The van der Waals surface area contributed by atoms with Crippen LogP contribution in [0, 0.1) is 6.92 Å². The lowest BCUT2D eigenvalue weighted by Crippen LogP contribution is -2.13. The molecule has 2 rings (SSSR count). The van der Waals surface area contributed by atoms with Gasteiger partial charge in [0.1, 0.15) is 5.69 Å². The standard InChI is InChI=1S/C14H20N4O/c1-5-11-8-12(18(6-2)16-11)9-14(19)13-7-10(3)15-17(13)4/h7-8H,5-6,9H2,1-4H3. The second-order valence-corrected chi connectivity index (χ2v) is 4.69. The Balaban J connectivity index is 2.23. The number of aryl methyl sites for hydroxylation is 4. The summed E-state index contributed by atoms with van der Waals surface area (Å²) in [5.41, 5.74) is 3.53. The zero-order chi connectivity index (χ0) is 14.0. The number of carbonyl (C=O) groups excluding carboxylic acids is 1. The highest BCUT2D eigenvalue weighted by Crippen LogP contribution is 2.11. The first-order valence-corrected chi connectivity index (χ1v) is 6.64. The van der Waals surface area contributed by atoms with E-state index in [1.807, 2.05) is 30.7 Å². The molecule has 5 heteroatoms. The van der Waals surface area contributed by atoms with Gasteiger partial charge in [-0.25, -0.2) is 0 Å². The van der Waals surface area contributed by atoms with Gasteiger partial charge in [-0.2, -0.15) is 10.2 Å². The average Bonchev–Trinajstić information content (AvgIpc) is 2.92. The number of hydrogen-bond acceptors (Lipinski definition) is 3. The van der Waals surface area contributed by atoms with Gasteiger partial charge in [-0.1, -0.05) is 6.92 Å². The normalized spacial score (nSPS) is 10.9. The Morgan fingerprint density at radius 1 is 1.26 bits per heavy atom. The van der Waals surface area contributed by atoms with Gasteiger partial charge in [-0.05, 0) is 32.4 Å². The second kappa shape index (κ2) is 5.38. The number of aromatic nitrogens is 4. The molecule has 0 N–H and O–H groups in total. The number of ketones is 1. The van der Waals surface area contributed by atoms with Gasteiger partial charge >= 0.3 is 0 Å². The van der Waals surface area contributed by atoms with Crippen molar-refractivity contribution in [3.05, 3.63) is 34.9 Å². The lowest BCUT2D eigenvalue weighted by Gasteiger charge is -2.04. The molecule has 0 spiro atoms. The molecule has 0 aliphatic heterocycles. The summed E-state index contributed by atoms with van der Waals surface area (Å²) in [5, 5.41) is 8.67. The summed E-state index contributed by atoms with van der Waals surface area (Å²) >= 11 is 0. The van der Waals surface area contributed by atoms with E-state index < -0.39 is 0 Å². The van der Waals surface area contributed by atoms with Gasteiger partial charge in [0.25, 0.3) is 0 Å². The van der Waals surface area contributed by atoms with E-state index in [0.29, 0.717) is 12.1 Å². The monoisotopic (exact) mass is 260 g/mol. The first-order chi connectivity index (χ1) is 9.05. The Labute approximate surface area is 113 Å². The van der Waals surface area contributed by atoms with Crippen molar-refractivity contribution in [1.29, 1.82) is 0 Å². The molecule has 0 radical (unpaired) electrons. The molecular weight excluding hydrogens is 240 g/mol. The highest BCUT2D eigenvalue weighted by atomic mass is 16.1. The van der Waals surface area contributed by atoms with E-state index in [9.17, 15) is 4.79 Å². The van der Waals surface area contributed by atoms with Crippen molar-refractivity contribution >= 4 is 5.78 Å². The molecule has 0 saturated carbocycles. The van der Waals surface area contributed by atoms with Crippen molar-refractivity contribution in [2.75, 3.05) is 0 Å². The molecule has 2 heterocycles. The van der Waals surface area contributed by atoms with E-state index in [-0.39, 0.29) is 5.78 Å². The molecule has 102 valence electrons. The molecule has 0 amide bonds. The Bertz CT molecular complexity index is 595. The number of nitrogens with zero attached hydrogens (tertiary/aromatic N) is 4. The summed E-state index contributed by atoms with van der Waals surface area (Å²) in [6, 6.07) is 3.85. The van der Waals surface area contributed by atoms with Crippen LogP contribution in [0.3, 0.4) is 0 Å². The fourth-order valence-corrected chi connectivity index (χ4v) is 2.23. The number of hydrogen-bond donors (Lipinski definition) is 0. The third-order valence-electron chi connectivity index (χ3n) is 3.21. The largest absolute Gasteiger partial charge is 0.292 e. The molecule has 0 aliphatic rings. The van der Waals surface area contributed by atoms with E-state index in [2.05, 4.69) is 17.1 Å². The molecule has 19 heavy (non-hydrogen) atoms. The zero-order valence-corrected chi connectivity index (χ0v) is 12.0. The fraction of sp³-hybridized carbons (Fsp3) is 0.500. The molecule has 0 aromatic carbocycles. The van der Waals surface area contributed by atoms with E-state index >= 15 is 0 Å². The van der Waals surface area contributed by atoms with Crippen molar-refractivity contribution in [2.45, 2.75) is 40.2 Å². The highest BCUT2D eigenvalue weighted by molar-refractivity contribution is 5.95. The number of carbonyl (C=O) groups is 1. The molecule has 5 nitrogen and oxygen atoms in total. The molecule has 0 aliphatic carbocycles. The maximum Gasteiger partial charge on any atom is 0.186 e. The Morgan fingerprint density at radius 3 is 2.53 bits per heavy atom. The van der Waals surface area contributed by atoms with Crippen LogP contribution in [-0.4, -0.2) is 25.3 Å². The van der Waals surface area contributed by atoms with Crippen LogP contribution in [0.25, 0.3) is 0 Å². The maximum absolute atomic E-state index is 12.3. The highest BCUT2D eigenvalue weighted by Gasteiger charge is 2.15. The van der Waals surface area contributed by atoms with Crippen LogP contribution < -0.4 is 0 Å². The van der Waals surface area contributed by atoms with Crippen molar-refractivity contribution in [2.24, 2.45) is 7.05 Å². The summed E-state index contributed by atoms with van der Waals surface area (Å²) in [6.07, 6.45) is 1.26. The van der Waals surface area contributed by atoms with Crippen LogP contribution in [0.2, 0.25) is 0 Å². The number of rotatable bonds is 5. The Kier molecular flexibility index (Phi) is 3.83. The average molecular weight is 260 g/mol. The summed E-state index contributed by atoms with van der Waals surface area (Å²) in [7, 11) is 1.80. The topological polar surface area (TPSA) is 52.7 Å². The van der Waals surface area contributed by atoms with Crippen LogP contribution in [-0.2, 0) is 26.4 Å². The van der Waals surface area contributed by atoms with Crippen molar-refractivity contribution in [3.8, 4) is 0 Å². The third-order valence-corrected chi connectivity index (χ3v) is 3.21. The summed E-state index contributed by atoms with van der Waals surface area (Å²) in [5.74, 6) is 0.0837. The van der Waals surface area contributed by atoms with Crippen LogP contribution >= 0.6 is 0 Å². The first kappa shape index (κ1) is 13.5. The fourth-order valence-electron chi connectivity index (χ4n) is 2.23. The van der Waals surface area contributed by atoms with E-state index in [1.54, 1.807) is 11.7 Å². The molecule has 0 atom stereocenters. The van der Waals surface area contributed by atoms with Gasteiger partial charge in [0.2, 0.25) is 0 Å². The summed E-state index contributed by atoms with van der Waals surface area (Å²) in [4.78, 5) is 12.3. The quantitative estimate of drug-likeness (QED) is 0.772. The summed E-state index contributed by atoms with van der Waals surface area (Å²) < 4.78 is 3.55. The smallest absolute Gasteiger partial charge is 0.186 e. The first-order valence-electron chi connectivity index (χ1n) is 6.64. The van der Waals surface area contributed by atoms with Crippen LogP contribution in [0.15, 0.2) is 12.1 Å². The van der Waals surface area contributed by atoms with Gasteiger partial charge in [0.15, 0.2) is 5.78 Å². The molecule has 0 unspecified atom stereocenters. The maximum atomic E-state index is 12.3. The lowest BCUT2D eigenvalue weighted by molar-refractivity contribution is 0.0981. The Hall–Kier alpha value is -1.91. The predicted octanol–water partition coefficient (Wildman–Crippen LogP) is 1.93. The summed E-state index contributed by atoms with van der Waals surface area (Å²) in [6.45, 7) is 6.78. The SMILES string of the molecule is CCc1cc(CC(=O)c2cc(C)nn2C)n(CC)n1. The minimum absolute atomic E-state index is 0.0837. The second-order valence-electron chi connectivity index (χ2n) is 4.69. The minimum atomic E-state index is 0.0837. The lowest BCUT2D eigenvalue weighted by atomic mass is 10.1. The van der Waals surface area contributed by atoms with Gasteiger partial charge in [-0.15, -0.1) is 0 Å².